The van der Waals surface area contributed by atoms with E-state index in [0.29, 0.717) is 22.7 Å². The zero-order valence-corrected chi connectivity index (χ0v) is 20.0. The van der Waals surface area contributed by atoms with Gasteiger partial charge in [-0.1, -0.05) is 30.3 Å². The molecule has 2 aromatic carbocycles. The summed E-state index contributed by atoms with van der Waals surface area (Å²) in [5.74, 6) is -0.219. The highest BCUT2D eigenvalue weighted by atomic mass is 31.2. The molecule has 1 atom stereocenters. The summed E-state index contributed by atoms with van der Waals surface area (Å²) in [5.41, 5.74) is 2.16. The topological polar surface area (TPSA) is 83.7 Å². The molecule has 1 N–H and O–H groups in total. The van der Waals surface area contributed by atoms with Gasteiger partial charge < -0.3 is 19.1 Å². The van der Waals surface area contributed by atoms with Gasteiger partial charge in [-0.05, 0) is 50.6 Å². The minimum Gasteiger partial charge on any atom is -0.497 e. The highest BCUT2D eigenvalue weighted by Gasteiger charge is 2.38. The first-order chi connectivity index (χ1) is 15.4. The van der Waals surface area contributed by atoms with E-state index in [1.165, 1.54) is 0 Å². The highest BCUT2D eigenvalue weighted by Crippen LogP contribution is 2.60. The lowest BCUT2D eigenvalue weighted by atomic mass is 10.2. The molecule has 0 aliphatic carbocycles. The molecule has 3 aromatic rings. The monoisotopic (exact) mass is 459 g/mol. The van der Waals surface area contributed by atoms with Gasteiger partial charge in [0.1, 0.15) is 11.4 Å². The lowest BCUT2D eigenvalue weighted by Gasteiger charge is -2.28. The normalized spacial score (nSPS) is 12.5. The number of benzene rings is 2. The molecule has 0 aliphatic heterocycles. The maximum Gasteiger partial charge on any atom is 0.357 e. The van der Waals surface area contributed by atoms with Crippen LogP contribution in [0.2, 0.25) is 0 Å². The molecular weight excluding hydrogens is 429 g/mol. The Kier molecular flexibility index (Phi) is 7.61. The maximum absolute atomic E-state index is 13.8. The molecule has 0 fully saturated rings. The van der Waals surface area contributed by atoms with Crippen LogP contribution in [0.5, 0.6) is 5.75 Å². The largest absolute Gasteiger partial charge is 0.497 e. The molecule has 1 unspecified atom stereocenters. The van der Waals surface area contributed by atoms with E-state index < -0.39 is 13.4 Å². The molecule has 9 heteroatoms. The first-order valence-corrected chi connectivity index (χ1v) is 12.1. The molecule has 172 valence electrons. The highest BCUT2D eigenvalue weighted by molar-refractivity contribution is 7.54. The maximum atomic E-state index is 13.8. The van der Waals surface area contributed by atoms with Crippen molar-refractivity contribution in [1.29, 1.82) is 0 Å². The van der Waals surface area contributed by atoms with E-state index in [9.17, 15) is 9.36 Å². The van der Waals surface area contributed by atoms with Gasteiger partial charge >= 0.3 is 7.60 Å². The fourth-order valence-corrected chi connectivity index (χ4v) is 5.47. The molecule has 0 aliphatic rings. The van der Waals surface area contributed by atoms with E-state index in [2.05, 4.69) is 5.32 Å². The van der Waals surface area contributed by atoms with Gasteiger partial charge in [-0.2, -0.15) is 0 Å². The first kappa shape index (κ1) is 23.9. The second-order valence-electron chi connectivity index (χ2n) is 7.13. The molecular formula is C23H30N3O5P. The lowest BCUT2D eigenvalue weighted by molar-refractivity contribution is 0.214. The van der Waals surface area contributed by atoms with Crippen molar-refractivity contribution in [3.63, 3.8) is 0 Å². The van der Waals surface area contributed by atoms with Crippen LogP contribution in [0, 0.1) is 6.92 Å². The summed E-state index contributed by atoms with van der Waals surface area (Å²) < 4.78 is 33.7. The third-order valence-corrected chi connectivity index (χ3v) is 7.50. The third kappa shape index (κ3) is 4.67. The fourth-order valence-electron chi connectivity index (χ4n) is 3.55. The Bertz CT molecular complexity index is 1130. The molecule has 8 nitrogen and oxygen atoms in total. The average Bonchev–Trinajstić information content (AvgIpc) is 3.01. The SMILES string of the molecule is CCOP(=O)(OCC)C(Nc1c(C)n(C)n(-c2ccccc2)c1=O)c1ccc(OC)cc1. The Balaban J connectivity index is 2.13. The van der Waals surface area contributed by atoms with Crippen LogP contribution in [0.1, 0.15) is 30.9 Å². The summed E-state index contributed by atoms with van der Waals surface area (Å²) in [6.45, 7) is 5.75. The molecule has 0 bridgehead atoms. The van der Waals surface area contributed by atoms with Gasteiger partial charge in [-0.15, -0.1) is 0 Å². The van der Waals surface area contributed by atoms with Gasteiger partial charge in [0.25, 0.3) is 5.56 Å². The quantitative estimate of drug-likeness (QED) is 0.436. The number of hydrogen-bond donors (Lipinski definition) is 1. The molecule has 3 rings (SSSR count). The second kappa shape index (κ2) is 10.2. The summed E-state index contributed by atoms with van der Waals surface area (Å²) in [4.78, 5) is 13.4. The molecule has 0 saturated carbocycles. The molecule has 1 aromatic heterocycles. The van der Waals surface area contributed by atoms with Crippen LogP contribution < -0.4 is 15.6 Å². The van der Waals surface area contributed by atoms with Crippen molar-refractivity contribution in [2.24, 2.45) is 7.05 Å². The Hall–Kier alpha value is -2.80. The predicted octanol–water partition coefficient (Wildman–Crippen LogP) is 4.87. The number of nitrogens with zero attached hydrogens (tertiary/aromatic N) is 2. The molecule has 0 saturated heterocycles. The minimum atomic E-state index is -3.67. The Morgan fingerprint density at radius 1 is 1.00 bits per heavy atom. The lowest BCUT2D eigenvalue weighted by Crippen LogP contribution is -2.23. The van der Waals surface area contributed by atoms with Crippen LogP contribution in [-0.2, 0) is 20.7 Å². The number of methoxy groups -OCH3 is 1. The van der Waals surface area contributed by atoms with Crippen molar-refractivity contribution in [1.82, 2.24) is 9.36 Å². The molecule has 0 radical (unpaired) electrons. The van der Waals surface area contributed by atoms with Crippen molar-refractivity contribution in [3.8, 4) is 11.4 Å². The Morgan fingerprint density at radius 2 is 1.59 bits per heavy atom. The van der Waals surface area contributed by atoms with Crippen molar-refractivity contribution in [2.75, 3.05) is 25.6 Å². The fraction of sp³-hybridized carbons (Fsp3) is 0.348. The van der Waals surface area contributed by atoms with Gasteiger partial charge in [0.2, 0.25) is 0 Å². The molecule has 0 amide bonds. The van der Waals surface area contributed by atoms with Gasteiger partial charge in [0, 0.05) is 7.05 Å². The van der Waals surface area contributed by atoms with Gasteiger partial charge in [-0.25, -0.2) is 4.68 Å². The molecule has 32 heavy (non-hydrogen) atoms. The molecule has 0 spiro atoms. The van der Waals surface area contributed by atoms with Crippen LogP contribution >= 0.6 is 7.60 Å². The summed E-state index contributed by atoms with van der Waals surface area (Å²) in [5, 5.41) is 3.20. The first-order valence-electron chi connectivity index (χ1n) is 10.5. The van der Waals surface area contributed by atoms with Gasteiger partial charge in [-0.3, -0.25) is 14.0 Å². The number of anilines is 1. The van der Waals surface area contributed by atoms with E-state index >= 15 is 0 Å². The van der Waals surface area contributed by atoms with Crippen LogP contribution in [-0.4, -0.2) is 29.7 Å². The van der Waals surface area contributed by atoms with E-state index in [4.69, 9.17) is 13.8 Å². The van der Waals surface area contributed by atoms with E-state index in [1.54, 1.807) is 54.6 Å². The summed E-state index contributed by atoms with van der Waals surface area (Å²) in [6, 6.07) is 16.5. The number of ether oxygens (including phenoxy) is 1. The smallest absolute Gasteiger partial charge is 0.357 e. The van der Waals surface area contributed by atoms with Crippen molar-refractivity contribution >= 4 is 13.3 Å². The van der Waals surface area contributed by atoms with Crippen LogP contribution in [0.3, 0.4) is 0 Å². The average molecular weight is 459 g/mol. The van der Waals surface area contributed by atoms with E-state index in [1.807, 2.05) is 44.3 Å². The van der Waals surface area contributed by atoms with Crippen LogP contribution in [0.25, 0.3) is 5.69 Å². The number of aromatic nitrogens is 2. The second-order valence-corrected chi connectivity index (χ2v) is 9.24. The van der Waals surface area contributed by atoms with E-state index in [0.717, 1.165) is 5.69 Å². The predicted molar refractivity (Wildman–Crippen MR) is 126 cm³/mol. The minimum absolute atomic E-state index is 0.202. The Labute approximate surface area is 188 Å². The number of hydrogen-bond acceptors (Lipinski definition) is 6. The number of para-hydroxylation sites is 1. The standard InChI is InChI=1S/C23H30N3O5P/c1-6-30-32(28,31-7-2)22(18-13-15-20(29-5)16-14-18)24-21-17(3)25(4)26(23(21)27)19-11-9-8-10-12-19/h8-16,22,24H,6-7H2,1-5H3. The molecule has 1 heterocycles. The number of rotatable bonds is 10. The zero-order chi connectivity index (χ0) is 23.3. The zero-order valence-electron chi connectivity index (χ0n) is 19.1. The third-order valence-electron chi connectivity index (χ3n) is 5.20. The summed E-state index contributed by atoms with van der Waals surface area (Å²) >= 11 is 0. The van der Waals surface area contributed by atoms with Crippen molar-refractivity contribution in [2.45, 2.75) is 26.6 Å². The van der Waals surface area contributed by atoms with Crippen molar-refractivity contribution in [3.05, 3.63) is 76.2 Å². The number of nitrogens with one attached hydrogen (secondary N) is 1. The van der Waals surface area contributed by atoms with Crippen molar-refractivity contribution < 1.29 is 18.3 Å². The Morgan fingerprint density at radius 3 is 2.12 bits per heavy atom. The van der Waals surface area contributed by atoms with Gasteiger partial charge in [0.05, 0.1) is 31.7 Å². The van der Waals surface area contributed by atoms with Crippen LogP contribution in [0.4, 0.5) is 5.69 Å². The summed E-state index contributed by atoms with van der Waals surface area (Å²) in [6.07, 6.45) is 0. The van der Waals surface area contributed by atoms with Crippen LogP contribution in [0.15, 0.2) is 59.4 Å². The van der Waals surface area contributed by atoms with Gasteiger partial charge in [0.15, 0.2) is 5.78 Å². The summed E-state index contributed by atoms with van der Waals surface area (Å²) in [7, 11) is -0.281. The van der Waals surface area contributed by atoms with E-state index in [-0.39, 0.29) is 18.8 Å².